The number of hydrogen-bond acceptors (Lipinski definition) is 3. The molecule has 0 amide bonds. The summed E-state index contributed by atoms with van der Waals surface area (Å²) in [6.07, 6.45) is 3.27. The Morgan fingerprint density at radius 1 is 1.30 bits per heavy atom. The van der Waals surface area contributed by atoms with Crippen LogP contribution in [0.3, 0.4) is 0 Å². The van der Waals surface area contributed by atoms with Gasteiger partial charge in [-0.25, -0.2) is 17.5 Å². The van der Waals surface area contributed by atoms with Crippen LogP contribution in [0.2, 0.25) is 5.02 Å². The van der Waals surface area contributed by atoms with Gasteiger partial charge in [-0.05, 0) is 31.0 Å². The van der Waals surface area contributed by atoms with E-state index in [2.05, 4.69) is 4.72 Å². The number of halogens is 3. The van der Waals surface area contributed by atoms with Crippen LogP contribution >= 0.6 is 24.0 Å². The summed E-state index contributed by atoms with van der Waals surface area (Å²) in [6, 6.07) is 3.24. The van der Waals surface area contributed by atoms with Crippen molar-refractivity contribution in [2.75, 3.05) is 6.54 Å². The fraction of sp³-hybridized carbons (Fsp3) is 0.500. The smallest absolute Gasteiger partial charge is 0.241 e. The van der Waals surface area contributed by atoms with Crippen molar-refractivity contribution in [3.05, 3.63) is 29.0 Å². The first-order valence-corrected chi connectivity index (χ1v) is 7.93. The maximum Gasteiger partial charge on any atom is 0.241 e. The Hall–Kier alpha value is -0.400. The maximum absolute atomic E-state index is 13.2. The van der Waals surface area contributed by atoms with Crippen molar-refractivity contribution in [1.29, 1.82) is 0 Å². The minimum Gasteiger partial charge on any atom is -0.329 e. The van der Waals surface area contributed by atoms with Crippen LogP contribution in [0.4, 0.5) is 4.39 Å². The number of benzene rings is 1. The van der Waals surface area contributed by atoms with Crippen LogP contribution in [0.25, 0.3) is 0 Å². The van der Waals surface area contributed by atoms with E-state index in [9.17, 15) is 12.8 Å². The summed E-state index contributed by atoms with van der Waals surface area (Å²) in [5.74, 6) is -0.680. The fourth-order valence-electron chi connectivity index (χ4n) is 2.43. The maximum atomic E-state index is 13.2. The molecule has 0 saturated heterocycles. The number of sulfonamides is 1. The summed E-state index contributed by atoms with van der Waals surface area (Å²) >= 11 is 5.68. The lowest BCUT2D eigenvalue weighted by atomic mass is 10.0. The summed E-state index contributed by atoms with van der Waals surface area (Å²) < 4.78 is 40.4. The molecule has 4 nitrogen and oxygen atoms in total. The third-order valence-electron chi connectivity index (χ3n) is 3.45. The van der Waals surface area contributed by atoms with Gasteiger partial charge < -0.3 is 5.73 Å². The molecule has 3 N–H and O–H groups in total. The van der Waals surface area contributed by atoms with E-state index in [1.54, 1.807) is 0 Å². The molecule has 0 heterocycles. The molecule has 1 fully saturated rings. The zero-order valence-corrected chi connectivity index (χ0v) is 13.1. The Balaban J connectivity index is 0.00000200. The largest absolute Gasteiger partial charge is 0.329 e. The van der Waals surface area contributed by atoms with Gasteiger partial charge in [-0.1, -0.05) is 24.4 Å². The zero-order chi connectivity index (χ0) is 14.1. The Labute approximate surface area is 129 Å². The zero-order valence-electron chi connectivity index (χ0n) is 10.7. The molecule has 0 spiro atoms. The predicted molar refractivity (Wildman–Crippen MR) is 79.2 cm³/mol. The van der Waals surface area contributed by atoms with E-state index in [0.29, 0.717) is 12.8 Å². The van der Waals surface area contributed by atoms with Crippen molar-refractivity contribution in [3.8, 4) is 0 Å². The van der Waals surface area contributed by atoms with E-state index in [-0.39, 0.29) is 28.9 Å². The van der Waals surface area contributed by atoms with Gasteiger partial charge in [0, 0.05) is 17.1 Å². The van der Waals surface area contributed by atoms with Crippen LogP contribution in [-0.2, 0) is 10.0 Å². The molecule has 1 aromatic carbocycles. The monoisotopic (exact) mass is 342 g/mol. The van der Waals surface area contributed by atoms with Crippen molar-refractivity contribution in [1.82, 2.24) is 4.72 Å². The highest BCUT2D eigenvalue weighted by atomic mass is 35.5. The third kappa shape index (κ3) is 3.83. The van der Waals surface area contributed by atoms with Crippen molar-refractivity contribution >= 4 is 34.0 Å². The van der Waals surface area contributed by atoms with Crippen LogP contribution < -0.4 is 10.5 Å². The van der Waals surface area contributed by atoms with Crippen LogP contribution in [0.1, 0.15) is 25.7 Å². The SMILES string of the molecule is Cl.NCC1(NS(=O)(=O)c2cc(F)cc(Cl)c2)CCCC1. The standard InChI is InChI=1S/C12H16ClFN2O2S.ClH/c13-9-5-10(14)7-11(6-9)19(17,18)16-12(8-15)3-1-2-4-12;/h5-7,16H,1-4,8,15H2;1H. The van der Waals surface area contributed by atoms with Crippen LogP contribution in [0.15, 0.2) is 23.1 Å². The minimum absolute atomic E-state index is 0. The van der Waals surface area contributed by atoms with Crippen LogP contribution in [0, 0.1) is 5.82 Å². The van der Waals surface area contributed by atoms with Crippen molar-refractivity contribution in [2.45, 2.75) is 36.1 Å². The first-order chi connectivity index (χ1) is 8.87. The molecule has 1 aliphatic carbocycles. The first kappa shape index (κ1) is 17.7. The summed E-state index contributed by atoms with van der Waals surface area (Å²) in [4.78, 5) is -0.169. The highest BCUT2D eigenvalue weighted by Crippen LogP contribution is 2.30. The Morgan fingerprint density at radius 2 is 1.90 bits per heavy atom. The van der Waals surface area contributed by atoms with Gasteiger partial charge in [0.15, 0.2) is 0 Å². The summed E-state index contributed by atoms with van der Waals surface area (Å²) in [6.45, 7) is 0.231. The van der Waals surface area contributed by atoms with E-state index in [4.69, 9.17) is 17.3 Å². The summed E-state index contributed by atoms with van der Waals surface area (Å²) in [5, 5.41) is 0.0496. The summed E-state index contributed by atoms with van der Waals surface area (Å²) in [5.41, 5.74) is 5.07. The van der Waals surface area contributed by atoms with Crippen LogP contribution in [-0.4, -0.2) is 20.5 Å². The van der Waals surface area contributed by atoms with Crippen molar-refractivity contribution in [2.24, 2.45) is 5.73 Å². The molecule has 1 aliphatic rings. The van der Waals surface area contributed by atoms with Gasteiger partial charge in [0.1, 0.15) is 5.82 Å². The number of nitrogens with one attached hydrogen (secondary N) is 1. The highest BCUT2D eigenvalue weighted by molar-refractivity contribution is 7.89. The molecule has 0 unspecified atom stereocenters. The molecule has 1 aromatic rings. The van der Waals surface area contributed by atoms with Gasteiger partial charge in [-0.3, -0.25) is 0 Å². The normalized spacial score (nSPS) is 17.8. The van der Waals surface area contributed by atoms with Crippen molar-refractivity contribution < 1.29 is 12.8 Å². The van der Waals surface area contributed by atoms with Gasteiger partial charge in [0.25, 0.3) is 0 Å². The quantitative estimate of drug-likeness (QED) is 0.882. The van der Waals surface area contributed by atoms with Crippen LogP contribution in [0.5, 0.6) is 0 Å². The molecule has 20 heavy (non-hydrogen) atoms. The Kier molecular flexibility index (Phi) is 5.80. The minimum atomic E-state index is -3.81. The van der Waals surface area contributed by atoms with Gasteiger partial charge in [0.05, 0.1) is 4.90 Å². The second kappa shape index (κ2) is 6.58. The molecular weight excluding hydrogens is 326 g/mol. The first-order valence-electron chi connectivity index (χ1n) is 6.07. The fourth-order valence-corrected chi connectivity index (χ4v) is 4.24. The van der Waals surface area contributed by atoms with E-state index < -0.39 is 21.4 Å². The topological polar surface area (TPSA) is 72.2 Å². The van der Waals surface area contributed by atoms with Gasteiger partial charge in [0.2, 0.25) is 10.0 Å². The average molecular weight is 343 g/mol. The summed E-state index contributed by atoms with van der Waals surface area (Å²) in [7, 11) is -3.81. The van der Waals surface area contributed by atoms with E-state index in [1.807, 2.05) is 0 Å². The molecule has 0 atom stereocenters. The lowest BCUT2D eigenvalue weighted by Gasteiger charge is -2.28. The molecular formula is C12H17Cl2FN2O2S. The van der Waals surface area contributed by atoms with E-state index in [1.165, 1.54) is 6.07 Å². The van der Waals surface area contributed by atoms with E-state index >= 15 is 0 Å². The number of hydrogen-bond donors (Lipinski definition) is 2. The highest BCUT2D eigenvalue weighted by Gasteiger charge is 2.36. The third-order valence-corrected chi connectivity index (χ3v) is 5.22. The molecule has 0 bridgehead atoms. The van der Waals surface area contributed by atoms with Gasteiger partial charge >= 0.3 is 0 Å². The lowest BCUT2D eigenvalue weighted by Crippen LogP contribution is -2.51. The molecule has 8 heteroatoms. The lowest BCUT2D eigenvalue weighted by molar-refractivity contribution is 0.399. The van der Waals surface area contributed by atoms with Gasteiger partial charge in [-0.2, -0.15) is 0 Å². The Morgan fingerprint density at radius 3 is 2.40 bits per heavy atom. The van der Waals surface area contributed by atoms with Gasteiger partial charge in [-0.15, -0.1) is 12.4 Å². The number of rotatable bonds is 4. The molecule has 2 rings (SSSR count). The second-order valence-electron chi connectivity index (χ2n) is 4.90. The Bertz CT molecular complexity index is 555. The molecule has 1 saturated carbocycles. The second-order valence-corrected chi connectivity index (χ2v) is 7.02. The average Bonchev–Trinajstić information content (AvgIpc) is 2.76. The molecule has 0 aliphatic heterocycles. The molecule has 114 valence electrons. The number of nitrogens with two attached hydrogens (primary N) is 1. The van der Waals surface area contributed by atoms with Crippen molar-refractivity contribution in [3.63, 3.8) is 0 Å². The molecule has 0 radical (unpaired) electrons. The molecule has 0 aromatic heterocycles. The predicted octanol–water partition coefficient (Wildman–Crippen LogP) is 2.45. The van der Waals surface area contributed by atoms with E-state index in [0.717, 1.165) is 25.0 Å².